The molecule has 0 unspecified atom stereocenters. The molecule has 1 spiro atoms. The summed E-state index contributed by atoms with van der Waals surface area (Å²) in [5.41, 5.74) is 1.17. The maximum atomic E-state index is 12.9. The zero-order valence-corrected chi connectivity index (χ0v) is 14.2. The Balaban J connectivity index is 1.45. The molecule has 3 aliphatic rings. The van der Waals surface area contributed by atoms with Crippen LogP contribution in [-0.2, 0) is 16.1 Å². The van der Waals surface area contributed by atoms with Crippen LogP contribution in [0.25, 0.3) is 0 Å². The lowest BCUT2D eigenvalue weighted by Crippen LogP contribution is -2.44. The SMILES string of the molecule is O=C(NCC1CC1)[C@@H]1CN(Cc2ccccn2)CC12CCOCC2. The lowest BCUT2D eigenvalue weighted by atomic mass is 9.71. The van der Waals surface area contributed by atoms with Crippen LogP contribution in [-0.4, -0.2) is 48.6 Å². The zero-order valence-electron chi connectivity index (χ0n) is 14.2. The smallest absolute Gasteiger partial charge is 0.225 e. The average molecular weight is 329 g/mol. The van der Waals surface area contributed by atoms with Crippen LogP contribution in [0.15, 0.2) is 24.4 Å². The van der Waals surface area contributed by atoms with E-state index in [0.29, 0.717) is 0 Å². The third-order valence-electron chi connectivity index (χ3n) is 5.90. The highest BCUT2D eigenvalue weighted by Gasteiger charge is 2.50. The van der Waals surface area contributed by atoms with Crippen LogP contribution in [0.3, 0.4) is 0 Å². The quantitative estimate of drug-likeness (QED) is 0.895. The minimum atomic E-state index is 0.0840. The van der Waals surface area contributed by atoms with Crippen LogP contribution >= 0.6 is 0 Å². The number of pyridine rings is 1. The highest BCUT2D eigenvalue weighted by Crippen LogP contribution is 2.44. The Kier molecular flexibility index (Phi) is 4.55. The Morgan fingerprint density at radius 1 is 1.33 bits per heavy atom. The summed E-state index contributed by atoms with van der Waals surface area (Å²) in [6.07, 6.45) is 6.38. The van der Waals surface area contributed by atoms with E-state index in [0.717, 1.165) is 63.8 Å². The molecule has 1 atom stereocenters. The van der Waals surface area contributed by atoms with Crippen LogP contribution in [0.2, 0.25) is 0 Å². The second kappa shape index (κ2) is 6.81. The van der Waals surface area contributed by atoms with Gasteiger partial charge in [0.1, 0.15) is 0 Å². The number of ether oxygens (including phenoxy) is 1. The van der Waals surface area contributed by atoms with Gasteiger partial charge < -0.3 is 10.1 Å². The number of nitrogens with zero attached hydrogens (tertiary/aromatic N) is 2. The first-order valence-corrected chi connectivity index (χ1v) is 9.23. The number of rotatable bonds is 5. The van der Waals surface area contributed by atoms with Crippen molar-refractivity contribution in [2.24, 2.45) is 17.3 Å². The number of likely N-dealkylation sites (tertiary alicyclic amines) is 1. The van der Waals surface area contributed by atoms with E-state index in [2.05, 4.69) is 21.3 Å². The predicted molar refractivity (Wildman–Crippen MR) is 91.2 cm³/mol. The second-order valence-corrected chi connectivity index (χ2v) is 7.71. The van der Waals surface area contributed by atoms with Gasteiger partial charge in [-0.15, -0.1) is 0 Å². The molecule has 1 saturated carbocycles. The first kappa shape index (κ1) is 16.0. The van der Waals surface area contributed by atoms with Crippen molar-refractivity contribution >= 4 is 5.91 Å². The molecule has 0 aromatic carbocycles. The summed E-state index contributed by atoms with van der Waals surface area (Å²) in [5.74, 6) is 1.07. The Morgan fingerprint density at radius 3 is 2.88 bits per heavy atom. The fourth-order valence-electron chi connectivity index (χ4n) is 4.25. The number of aromatic nitrogens is 1. The van der Waals surface area contributed by atoms with Crippen LogP contribution in [0.4, 0.5) is 0 Å². The van der Waals surface area contributed by atoms with Crippen LogP contribution in [0.1, 0.15) is 31.4 Å². The van der Waals surface area contributed by atoms with E-state index in [4.69, 9.17) is 4.74 Å². The largest absolute Gasteiger partial charge is 0.381 e. The van der Waals surface area contributed by atoms with E-state index in [1.165, 1.54) is 12.8 Å². The molecule has 3 fully saturated rings. The third-order valence-corrected chi connectivity index (χ3v) is 5.90. The molecule has 1 N–H and O–H groups in total. The van der Waals surface area contributed by atoms with Crippen molar-refractivity contribution in [3.05, 3.63) is 30.1 Å². The van der Waals surface area contributed by atoms with Crippen molar-refractivity contribution in [3.63, 3.8) is 0 Å². The Morgan fingerprint density at radius 2 is 2.17 bits per heavy atom. The summed E-state index contributed by atoms with van der Waals surface area (Å²) in [5, 5.41) is 3.22. The van der Waals surface area contributed by atoms with Crippen molar-refractivity contribution in [1.82, 2.24) is 15.2 Å². The molecule has 0 radical (unpaired) electrons. The number of hydrogen-bond acceptors (Lipinski definition) is 4. The van der Waals surface area contributed by atoms with Gasteiger partial charge in [-0.25, -0.2) is 0 Å². The molecule has 1 aromatic heterocycles. The van der Waals surface area contributed by atoms with Crippen LogP contribution in [0.5, 0.6) is 0 Å². The van der Waals surface area contributed by atoms with Gasteiger partial charge in [-0.05, 0) is 43.7 Å². The molecule has 1 aromatic rings. The van der Waals surface area contributed by atoms with E-state index in [-0.39, 0.29) is 17.2 Å². The highest BCUT2D eigenvalue weighted by atomic mass is 16.5. The maximum absolute atomic E-state index is 12.9. The summed E-state index contributed by atoms with van der Waals surface area (Å²) in [6, 6.07) is 6.04. The molecular weight excluding hydrogens is 302 g/mol. The Hall–Kier alpha value is -1.46. The molecule has 1 aliphatic carbocycles. The van der Waals surface area contributed by atoms with Gasteiger partial charge in [0.25, 0.3) is 0 Å². The minimum Gasteiger partial charge on any atom is -0.381 e. The monoisotopic (exact) mass is 329 g/mol. The molecule has 1 amide bonds. The lowest BCUT2D eigenvalue weighted by molar-refractivity contribution is -0.129. The Labute approximate surface area is 143 Å². The van der Waals surface area contributed by atoms with E-state index >= 15 is 0 Å². The lowest BCUT2D eigenvalue weighted by Gasteiger charge is -2.37. The van der Waals surface area contributed by atoms with Crippen molar-refractivity contribution in [2.75, 3.05) is 32.8 Å². The van der Waals surface area contributed by atoms with Gasteiger partial charge in [-0.2, -0.15) is 0 Å². The maximum Gasteiger partial charge on any atom is 0.225 e. The highest BCUT2D eigenvalue weighted by molar-refractivity contribution is 5.80. The number of nitrogens with one attached hydrogen (secondary N) is 1. The van der Waals surface area contributed by atoms with Gasteiger partial charge in [-0.3, -0.25) is 14.7 Å². The molecule has 0 bridgehead atoms. The van der Waals surface area contributed by atoms with E-state index in [1.54, 1.807) is 0 Å². The topological polar surface area (TPSA) is 54.5 Å². The first-order valence-electron chi connectivity index (χ1n) is 9.23. The molecule has 130 valence electrons. The number of hydrogen-bond donors (Lipinski definition) is 1. The fraction of sp³-hybridized carbons (Fsp3) is 0.684. The average Bonchev–Trinajstić information content (AvgIpc) is 3.38. The Bertz CT molecular complexity index is 567. The number of carbonyl (C=O) groups is 1. The molecule has 3 heterocycles. The normalized spacial score (nSPS) is 26.6. The van der Waals surface area contributed by atoms with Crippen LogP contribution in [0, 0.1) is 17.3 Å². The van der Waals surface area contributed by atoms with E-state index < -0.39 is 0 Å². The van der Waals surface area contributed by atoms with Crippen molar-refractivity contribution in [2.45, 2.75) is 32.2 Å². The molecule has 5 nitrogen and oxygen atoms in total. The fourth-order valence-corrected chi connectivity index (χ4v) is 4.25. The number of carbonyl (C=O) groups excluding carboxylic acids is 1. The van der Waals surface area contributed by atoms with E-state index in [1.807, 2.05) is 18.3 Å². The van der Waals surface area contributed by atoms with Crippen LogP contribution < -0.4 is 5.32 Å². The molecular formula is C19H27N3O2. The molecule has 2 saturated heterocycles. The van der Waals surface area contributed by atoms with Crippen molar-refractivity contribution in [1.29, 1.82) is 0 Å². The minimum absolute atomic E-state index is 0.0840. The second-order valence-electron chi connectivity index (χ2n) is 7.71. The third kappa shape index (κ3) is 3.47. The van der Waals surface area contributed by atoms with Gasteiger partial charge in [-0.1, -0.05) is 6.07 Å². The zero-order chi connectivity index (χ0) is 16.4. The predicted octanol–water partition coefficient (Wildman–Crippen LogP) is 1.84. The first-order chi connectivity index (χ1) is 11.8. The van der Waals surface area contributed by atoms with Crippen molar-refractivity contribution < 1.29 is 9.53 Å². The summed E-state index contributed by atoms with van der Waals surface area (Å²) < 4.78 is 5.58. The molecule has 2 aliphatic heterocycles. The van der Waals surface area contributed by atoms with Gasteiger partial charge in [0.15, 0.2) is 0 Å². The summed E-state index contributed by atoms with van der Waals surface area (Å²) in [7, 11) is 0. The van der Waals surface area contributed by atoms with Gasteiger partial charge in [0.2, 0.25) is 5.91 Å². The van der Waals surface area contributed by atoms with Crippen molar-refractivity contribution in [3.8, 4) is 0 Å². The summed E-state index contributed by atoms with van der Waals surface area (Å²) in [6.45, 7) is 5.08. The van der Waals surface area contributed by atoms with Gasteiger partial charge in [0.05, 0.1) is 11.6 Å². The summed E-state index contributed by atoms with van der Waals surface area (Å²) >= 11 is 0. The molecule has 24 heavy (non-hydrogen) atoms. The standard InChI is InChI=1S/C19H27N3O2/c23-18(21-11-15-4-5-15)17-13-22(12-16-3-1-2-8-20-16)14-19(17)6-9-24-10-7-19/h1-3,8,15,17H,4-7,9-14H2,(H,21,23)/t17-/m0/s1. The molecule has 5 heteroatoms. The van der Waals surface area contributed by atoms with Gasteiger partial charge in [0, 0.05) is 51.0 Å². The van der Waals surface area contributed by atoms with E-state index in [9.17, 15) is 4.79 Å². The summed E-state index contributed by atoms with van der Waals surface area (Å²) in [4.78, 5) is 19.7. The molecule has 4 rings (SSSR count). The number of amides is 1. The van der Waals surface area contributed by atoms with Gasteiger partial charge >= 0.3 is 0 Å².